The van der Waals surface area contributed by atoms with Gasteiger partial charge in [0, 0.05) is 30.5 Å². The summed E-state index contributed by atoms with van der Waals surface area (Å²) in [5.41, 5.74) is 4.64. The van der Waals surface area contributed by atoms with E-state index in [0.717, 1.165) is 24.0 Å². The van der Waals surface area contributed by atoms with Crippen molar-refractivity contribution in [2.75, 3.05) is 6.61 Å². The van der Waals surface area contributed by atoms with Gasteiger partial charge in [0.1, 0.15) is 6.61 Å². The van der Waals surface area contributed by atoms with Gasteiger partial charge in [0.25, 0.3) is 0 Å². The molecule has 7 nitrogen and oxygen atoms in total. The van der Waals surface area contributed by atoms with Gasteiger partial charge in [-0.1, -0.05) is 55.5 Å². The number of alkyl carbamates (subject to hydrolysis) is 1. The summed E-state index contributed by atoms with van der Waals surface area (Å²) < 4.78 is 5.63. The maximum Gasteiger partial charge on any atom is 0.407 e. The fourth-order valence-corrected chi connectivity index (χ4v) is 6.06. The van der Waals surface area contributed by atoms with E-state index >= 15 is 0 Å². The molecule has 2 aromatic rings. The second-order valence-electron chi connectivity index (χ2n) is 9.56. The Morgan fingerprint density at radius 2 is 1.71 bits per heavy atom. The molecule has 4 atom stereocenters. The van der Waals surface area contributed by atoms with E-state index in [4.69, 9.17) is 4.74 Å². The number of rotatable bonds is 7. The molecule has 7 heteroatoms. The van der Waals surface area contributed by atoms with Crippen molar-refractivity contribution in [3.05, 3.63) is 59.7 Å². The Balaban J connectivity index is 1.19. The van der Waals surface area contributed by atoms with Crippen molar-refractivity contribution in [1.82, 2.24) is 10.2 Å². The predicted octanol–water partition coefficient (Wildman–Crippen LogP) is 4.16. The summed E-state index contributed by atoms with van der Waals surface area (Å²) in [4.78, 5) is 38.9. The lowest BCUT2D eigenvalue weighted by molar-refractivity contribution is -0.143. The molecule has 2 aliphatic heterocycles. The molecule has 2 fully saturated rings. The lowest BCUT2D eigenvalue weighted by atomic mass is 9.89. The average Bonchev–Trinajstić information content (AvgIpc) is 3.52. The first kappa shape index (κ1) is 22.4. The van der Waals surface area contributed by atoms with Crippen LogP contribution in [0.2, 0.25) is 0 Å². The Bertz CT molecular complexity index is 1070. The van der Waals surface area contributed by atoms with Gasteiger partial charge in [0.15, 0.2) is 0 Å². The molecule has 2 saturated heterocycles. The number of carbonyl (C=O) groups is 3. The Labute approximate surface area is 199 Å². The van der Waals surface area contributed by atoms with Gasteiger partial charge in [-0.2, -0.15) is 0 Å². The zero-order valence-corrected chi connectivity index (χ0v) is 19.3. The van der Waals surface area contributed by atoms with E-state index in [2.05, 4.69) is 29.6 Å². The van der Waals surface area contributed by atoms with E-state index in [1.165, 1.54) is 11.1 Å². The van der Waals surface area contributed by atoms with Crippen LogP contribution < -0.4 is 5.32 Å². The molecule has 3 aliphatic rings. The number of fused-ring (bicyclic) bond motifs is 5. The Kier molecular flexibility index (Phi) is 6.02. The van der Waals surface area contributed by atoms with Crippen molar-refractivity contribution in [2.45, 2.75) is 63.1 Å². The summed E-state index contributed by atoms with van der Waals surface area (Å²) in [5.74, 6) is -1.40. The monoisotopic (exact) mass is 462 g/mol. The van der Waals surface area contributed by atoms with Gasteiger partial charge >= 0.3 is 12.1 Å². The van der Waals surface area contributed by atoms with Crippen LogP contribution in [0.3, 0.4) is 0 Å². The molecule has 0 aromatic heterocycles. The van der Waals surface area contributed by atoms with E-state index in [1.807, 2.05) is 31.2 Å². The number of hydrogen-bond donors (Lipinski definition) is 2. The molecule has 2 bridgehead atoms. The number of carboxylic acid groups (broad SMARTS) is 1. The largest absolute Gasteiger partial charge is 0.481 e. The number of carboxylic acids is 1. The maximum atomic E-state index is 13.0. The Hall–Kier alpha value is -3.35. The van der Waals surface area contributed by atoms with Crippen LogP contribution in [-0.4, -0.2) is 52.7 Å². The molecule has 5 rings (SSSR count). The van der Waals surface area contributed by atoms with Crippen LogP contribution in [0, 0.1) is 5.92 Å². The summed E-state index contributed by atoms with van der Waals surface area (Å²) >= 11 is 0. The van der Waals surface area contributed by atoms with Gasteiger partial charge in [-0.15, -0.1) is 0 Å². The van der Waals surface area contributed by atoms with Crippen molar-refractivity contribution in [3.63, 3.8) is 0 Å². The van der Waals surface area contributed by atoms with Gasteiger partial charge in [-0.3, -0.25) is 9.59 Å². The van der Waals surface area contributed by atoms with Crippen LogP contribution in [0.25, 0.3) is 11.1 Å². The fourth-order valence-electron chi connectivity index (χ4n) is 6.06. The van der Waals surface area contributed by atoms with Crippen molar-refractivity contribution < 1.29 is 24.2 Å². The minimum absolute atomic E-state index is 0.00515. The summed E-state index contributed by atoms with van der Waals surface area (Å²) in [6.07, 6.45) is 2.33. The van der Waals surface area contributed by atoms with Crippen molar-refractivity contribution in [2.24, 2.45) is 5.92 Å². The van der Waals surface area contributed by atoms with Gasteiger partial charge in [-0.05, 0) is 47.9 Å². The molecule has 4 unspecified atom stereocenters. The van der Waals surface area contributed by atoms with Gasteiger partial charge < -0.3 is 20.1 Å². The molecule has 1 aliphatic carbocycles. The number of carbonyl (C=O) groups excluding carboxylic acids is 2. The zero-order valence-electron chi connectivity index (χ0n) is 19.3. The SMILES string of the molecule is CCC(CC(=O)N1C2CCC1C(C(=O)O)C2)NC(=O)OCC1c2ccccc2-c2ccccc21. The molecule has 0 saturated carbocycles. The molecular weight excluding hydrogens is 432 g/mol. The van der Waals surface area contributed by atoms with Gasteiger partial charge in [-0.25, -0.2) is 4.79 Å². The molecule has 2 amide bonds. The minimum atomic E-state index is -0.825. The second-order valence-corrected chi connectivity index (χ2v) is 9.56. The Morgan fingerprint density at radius 3 is 2.29 bits per heavy atom. The highest BCUT2D eigenvalue weighted by molar-refractivity contribution is 5.82. The van der Waals surface area contributed by atoms with E-state index in [0.29, 0.717) is 12.8 Å². The van der Waals surface area contributed by atoms with E-state index in [1.54, 1.807) is 4.90 Å². The highest BCUT2D eigenvalue weighted by atomic mass is 16.5. The third-order valence-electron chi connectivity index (χ3n) is 7.72. The Morgan fingerprint density at radius 1 is 1.06 bits per heavy atom. The van der Waals surface area contributed by atoms with Gasteiger partial charge in [0.05, 0.1) is 5.92 Å². The van der Waals surface area contributed by atoms with E-state index in [9.17, 15) is 19.5 Å². The molecule has 178 valence electrons. The van der Waals surface area contributed by atoms with Crippen molar-refractivity contribution in [1.29, 1.82) is 0 Å². The first-order valence-corrected chi connectivity index (χ1v) is 12.1. The summed E-state index contributed by atoms with van der Waals surface area (Å²) in [6.45, 7) is 2.14. The molecular formula is C27H30N2O5. The smallest absolute Gasteiger partial charge is 0.407 e. The van der Waals surface area contributed by atoms with Crippen LogP contribution in [0.4, 0.5) is 4.79 Å². The second kappa shape index (κ2) is 9.12. The topological polar surface area (TPSA) is 95.9 Å². The molecule has 2 heterocycles. The van der Waals surface area contributed by atoms with Crippen LogP contribution >= 0.6 is 0 Å². The normalized spacial score (nSPS) is 23.3. The third kappa shape index (κ3) is 3.93. The highest BCUT2D eigenvalue weighted by Crippen LogP contribution is 2.45. The average molecular weight is 463 g/mol. The summed E-state index contributed by atoms with van der Waals surface area (Å²) in [5, 5.41) is 12.3. The number of nitrogens with zero attached hydrogens (tertiary/aromatic N) is 1. The number of hydrogen-bond acceptors (Lipinski definition) is 4. The lowest BCUT2D eigenvalue weighted by Gasteiger charge is -2.26. The van der Waals surface area contributed by atoms with Gasteiger partial charge in [0.2, 0.25) is 5.91 Å². The number of nitrogens with one attached hydrogen (secondary N) is 1. The minimum Gasteiger partial charge on any atom is -0.481 e. The maximum absolute atomic E-state index is 13.0. The fraction of sp³-hybridized carbons (Fsp3) is 0.444. The summed E-state index contributed by atoms with van der Waals surface area (Å²) in [7, 11) is 0. The molecule has 34 heavy (non-hydrogen) atoms. The number of aliphatic carboxylic acids is 1. The highest BCUT2D eigenvalue weighted by Gasteiger charge is 2.51. The molecule has 2 N–H and O–H groups in total. The van der Waals surface area contributed by atoms with Crippen molar-refractivity contribution >= 4 is 18.0 Å². The zero-order chi connectivity index (χ0) is 23.8. The van der Waals surface area contributed by atoms with Crippen LogP contribution in [0.15, 0.2) is 48.5 Å². The van der Waals surface area contributed by atoms with Crippen LogP contribution in [-0.2, 0) is 14.3 Å². The predicted molar refractivity (Wildman–Crippen MR) is 126 cm³/mol. The first-order chi connectivity index (χ1) is 16.5. The quantitative estimate of drug-likeness (QED) is 0.644. The first-order valence-electron chi connectivity index (χ1n) is 12.1. The number of ether oxygens (including phenoxy) is 1. The van der Waals surface area contributed by atoms with Crippen LogP contribution in [0.5, 0.6) is 0 Å². The van der Waals surface area contributed by atoms with E-state index < -0.39 is 18.0 Å². The molecule has 0 radical (unpaired) electrons. The molecule has 2 aromatic carbocycles. The summed E-state index contributed by atoms with van der Waals surface area (Å²) in [6, 6.07) is 15.8. The lowest BCUT2D eigenvalue weighted by Crippen LogP contribution is -2.43. The number of amides is 2. The van der Waals surface area contributed by atoms with Crippen LogP contribution in [0.1, 0.15) is 56.1 Å². The standard InChI is InChI=1S/C27H30N2O5/c1-2-16(13-25(30)29-17-11-12-24(29)22(14-17)26(31)32)28-27(33)34-15-23-20-9-5-3-7-18(20)19-8-4-6-10-21(19)23/h3-10,16-17,22-24H,2,11-15H2,1H3,(H,28,33)(H,31,32). The third-order valence-corrected chi connectivity index (χ3v) is 7.72. The van der Waals surface area contributed by atoms with Crippen molar-refractivity contribution in [3.8, 4) is 11.1 Å². The molecule has 0 spiro atoms. The number of benzene rings is 2. The van der Waals surface area contributed by atoms with E-state index in [-0.39, 0.29) is 43.0 Å².